The lowest BCUT2D eigenvalue weighted by Crippen LogP contribution is -2.20. The van der Waals surface area contributed by atoms with Crippen LogP contribution in [0, 0.1) is 17.8 Å². The SMILES string of the molecule is CCNCc1nnc(NCC2CC3CCC2C3)o1. The number of hydrogen-bond donors (Lipinski definition) is 2. The maximum absolute atomic E-state index is 5.53. The van der Waals surface area contributed by atoms with Crippen molar-refractivity contribution in [2.45, 2.75) is 39.2 Å². The summed E-state index contributed by atoms with van der Waals surface area (Å²) in [6.45, 7) is 4.62. The molecule has 0 amide bonds. The summed E-state index contributed by atoms with van der Waals surface area (Å²) >= 11 is 0. The van der Waals surface area contributed by atoms with Crippen molar-refractivity contribution in [1.82, 2.24) is 15.5 Å². The fourth-order valence-corrected chi connectivity index (χ4v) is 3.47. The van der Waals surface area contributed by atoms with Crippen LogP contribution < -0.4 is 10.6 Å². The van der Waals surface area contributed by atoms with E-state index in [-0.39, 0.29) is 0 Å². The van der Waals surface area contributed by atoms with Gasteiger partial charge in [-0.1, -0.05) is 18.4 Å². The average Bonchev–Trinajstić information content (AvgIpc) is 3.09. The highest BCUT2D eigenvalue weighted by atomic mass is 16.4. The van der Waals surface area contributed by atoms with Crippen LogP contribution in [0.25, 0.3) is 0 Å². The number of nitrogens with zero attached hydrogens (tertiary/aromatic N) is 2. The van der Waals surface area contributed by atoms with E-state index in [1.807, 2.05) is 0 Å². The van der Waals surface area contributed by atoms with E-state index < -0.39 is 0 Å². The van der Waals surface area contributed by atoms with Crippen LogP contribution in [0.4, 0.5) is 6.01 Å². The molecule has 0 radical (unpaired) electrons. The third kappa shape index (κ3) is 2.51. The summed E-state index contributed by atoms with van der Waals surface area (Å²) in [4.78, 5) is 0. The van der Waals surface area contributed by atoms with Gasteiger partial charge in [-0.2, -0.15) is 0 Å². The van der Waals surface area contributed by atoms with Crippen LogP contribution in [0.1, 0.15) is 38.5 Å². The summed E-state index contributed by atoms with van der Waals surface area (Å²) in [5, 5.41) is 14.5. The molecule has 0 saturated heterocycles. The second-order valence-electron chi connectivity index (χ2n) is 5.60. The highest BCUT2D eigenvalue weighted by Crippen LogP contribution is 2.48. The predicted molar refractivity (Wildman–Crippen MR) is 69.1 cm³/mol. The molecule has 1 aromatic heterocycles. The molecular weight excluding hydrogens is 228 g/mol. The molecule has 2 fully saturated rings. The summed E-state index contributed by atoms with van der Waals surface area (Å²) in [6, 6.07) is 0.575. The number of rotatable bonds is 6. The van der Waals surface area contributed by atoms with Gasteiger partial charge in [0.15, 0.2) is 0 Å². The van der Waals surface area contributed by atoms with Crippen molar-refractivity contribution in [3.63, 3.8) is 0 Å². The lowest BCUT2D eigenvalue weighted by atomic mass is 9.89. The Hall–Kier alpha value is -1.10. The van der Waals surface area contributed by atoms with Gasteiger partial charge in [-0.15, -0.1) is 5.10 Å². The van der Waals surface area contributed by atoms with Crippen molar-refractivity contribution >= 4 is 6.01 Å². The molecule has 3 unspecified atom stereocenters. The molecule has 100 valence electrons. The predicted octanol–water partition coefficient (Wildman–Crippen LogP) is 2.03. The van der Waals surface area contributed by atoms with Crippen molar-refractivity contribution in [1.29, 1.82) is 0 Å². The van der Waals surface area contributed by atoms with Gasteiger partial charge in [-0.05, 0) is 43.6 Å². The molecule has 5 nitrogen and oxygen atoms in total. The van der Waals surface area contributed by atoms with Crippen LogP contribution in [-0.2, 0) is 6.54 Å². The molecule has 3 atom stereocenters. The lowest BCUT2D eigenvalue weighted by molar-refractivity contribution is 0.345. The Kier molecular flexibility index (Phi) is 3.50. The van der Waals surface area contributed by atoms with E-state index in [1.54, 1.807) is 0 Å². The molecule has 2 bridgehead atoms. The Morgan fingerprint density at radius 2 is 2.22 bits per heavy atom. The second kappa shape index (κ2) is 5.26. The molecule has 2 saturated carbocycles. The maximum Gasteiger partial charge on any atom is 0.315 e. The summed E-state index contributed by atoms with van der Waals surface area (Å²) < 4.78 is 5.53. The highest BCUT2D eigenvalue weighted by Gasteiger charge is 2.39. The minimum atomic E-state index is 0.575. The zero-order valence-electron chi connectivity index (χ0n) is 11.0. The second-order valence-corrected chi connectivity index (χ2v) is 5.60. The van der Waals surface area contributed by atoms with Crippen LogP contribution in [0.5, 0.6) is 0 Å². The van der Waals surface area contributed by atoms with Gasteiger partial charge in [0, 0.05) is 6.54 Å². The smallest absolute Gasteiger partial charge is 0.315 e. The van der Waals surface area contributed by atoms with Gasteiger partial charge in [0.2, 0.25) is 5.89 Å². The molecule has 3 rings (SSSR count). The van der Waals surface area contributed by atoms with Crippen LogP contribution in [0.2, 0.25) is 0 Å². The van der Waals surface area contributed by atoms with Gasteiger partial charge >= 0.3 is 6.01 Å². The first-order chi connectivity index (χ1) is 8.85. The van der Waals surface area contributed by atoms with Crippen LogP contribution in [-0.4, -0.2) is 23.3 Å². The van der Waals surface area contributed by atoms with Gasteiger partial charge in [0.05, 0.1) is 6.54 Å². The molecule has 0 aromatic carbocycles. The fourth-order valence-electron chi connectivity index (χ4n) is 3.47. The molecule has 1 heterocycles. The summed E-state index contributed by atoms with van der Waals surface area (Å²) in [7, 11) is 0. The number of hydrogen-bond acceptors (Lipinski definition) is 5. The Labute approximate surface area is 108 Å². The van der Waals surface area contributed by atoms with Gasteiger partial charge in [0.1, 0.15) is 0 Å². The minimum absolute atomic E-state index is 0.575. The highest BCUT2D eigenvalue weighted by molar-refractivity contribution is 5.17. The normalized spacial score (nSPS) is 29.9. The van der Waals surface area contributed by atoms with Crippen molar-refractivity contribution in [2.75, 3.05) is 18.4 Å². The van der Waals surface area contributed by atoms with Crippen LogP contribution in [0.3, 0.4) is 0 Å². The molecule has 2 aliphatic rings. The molecule has 5 heteroatoms. The minimum Gasteiger partial charge on any atom is -0.407 e. The summed E-state index contributed by atoms with van der Waals surface area (Å²) in [6.07, 6.45) is 5.71. The van der Waals surface area contributed by atoms with Gasteiger partial charge in [-0.25, -0.2) is 0 Å². The fraction of sp³-hybridized carbons (Fsp3) is 0.846. The Bertz CT molecular complexity index is 392. The van der Waals surface area contributed by atoms with Crippen molar-refractivity contribution in [3.8, 4) is 0 Å². The molecule has 1 aromatic rings. The van der Waals surface area contributed by atoms with Crippen molar-refractivity contribution in [2.24, 2.45) is 17.8 Å². The molecule has 18 heavy (non-hydrogen) atoms. The standard InChI is InChI=1S/C13H22N4O/c1-2-14-8-12-16-17-13(18-12)15-7-11-6-9-3-4-10(11)5-9/h9-11,14H,2-8H2,1H3,(H,15,17). The van der Waals surface area contributed by atoms with Crippen molar-refractivity contribution < 1.29 is 4.42 Å². The van der Waals surface area contributed by atoms with Crippen molar-refractivity contribution in [3.05, 3.63) is 5.89 Å². The summed E-state index contributed by atoms with van der Waals surface area (Å²) in [5.74, 6) is 3.40. The van der Waals surface area contributed by atoms with Gasteiger partial charge in [-0.3, -0.25) is 0 Å². The Morgan fingerprint density at radius 3 is 2.94 bits per heavy atom. The zero-order chi connectivity index (χ0) is 12.4. The molecule has 2 N–H and O–H groups in total. The topological polar surface area (TPSA) is 63.0 Å². The van der Waals surface area contributed by atoms with E-state index >= 15 is 0 Å². The van der Waals surface area contributed by atoms with E-state index in [0.29, 0.717) is 18.5 Å². The van der Waals surface area contributed by atoms with Gasteiger partial charge < -0.3 is 15.1 Å². The third-order valence-corrected chi connectivity index (χ3v) is 4.39. The molecular formula is C13H22N4O. The number of aromatic nitrogens is 2. The first-order valence-corrected chi connectivity index (χ1v) is 7.12. The number of anilines is 1. The quantitative estimate of drug-likeness (QED) is 0.809. The van der Waals surface area contributed by atoms with E-state index in [1.165, 1.54) is 25.7 Å². The first kappa shape index (κ1) is 12.0. The maximum atomic E-state index is 5.53. The largest absolute Gasteiger partial charge is 0.407 e. The van der Waals surface area contributed by atoms with Crippen LogP contribution in [0.15, 0.2) is 4.42 Å². The zero-order valence-corrected chi connectivity index (χ0v) is 11.0. The molecule has 0 spiro atoms. The summed E-state index contributed by atoms with van der Waals surface area (Å²) in [5.41, 5.74) is 0. The number of nitrogens with one attached hydrogen (secondary N) is 2. The molecule has 0 aliphatic heterocycles. The van der Waals surface area contributed by atoms with E-state index in [0.717, 1.165) is 30.8 Å². The number of fused-ring (bicyclic) bond motifs is 2. The van der Waals surface area contributed by atoms with E-state index in [9.17, 15) is 0 Å². The monoisotopic (exact) mass is 250 g/mol. The average molecular weight is 250 g/mol. The first-order valence-electron chi connectivity index (χ1n) is 7.12. The lowest BCUT2D eigenvalue weighted by Gasteiger charge is -2.21. The Morgan fingerprint density at radius 1 is 1.28 bits per heavy atom. The molecule has 2 aliphatic carbocycles. The Balaban J connectivity index is 1.46. The third-order valence-electron chi connectivity index (χ3n) is 4.39. The van der Waals surface area contributed by atoms with E-state index in [4.69, 9.17) is 4.42 Å². The van der Waals surface area contributed by atoms with Crippen LogP contribution >= 0.6 is 0 Å². The van der Waals surface area contributed by atoms with Gasteiger partial charge in [0.25, 0.3) is 0 Å². The van der Waals surface area contributed by atoms with E-state index in [2.05, 4.69) is 27.8 Å².